The minimum atomic E-state index is -0.0894. The van der Waals surface area contributed by atoms with Crippen molar-refractivity contribution < 1.29 is 4.79 Å². The molecule has 1 fully saturated rings. The van der Waals surface area contributed by atoms with Crippen molar-refractivity contribution in [3.05, 3.63) is 94.6 Å². The van der Waals surface area contributed by atoms with Gasteiger partial charge in [0.1, 0.15) is 0 Å². The van der Waals surface area contributed by atoms with Crippen molar-refractivity contribution >= 4 is 45.5 Å². The summed E-state index contributed by atoms with van der Waals surface area (Å²) >= 11 is 6.22. The second kappa shape index (κ2) is 11.2. The van der Waals surface area contributed by atoms with E-state index in [2.05, 4.69) is 57.5 Å². The molecular formula is C30H32ClN5O. The Bertz CT molecular complexity index is 1410. The molecule has 2 N–H and O–H groups in total. The van der Waals surface area contributed by atoms with Crippen molar-refractivity contribution in [1.29, 1.82) is 0 Å². The fourth-order valence-corrected chi connectivity index (χ4v) is 5.13. The number of amides is 1. The van der Waals surface area contributed by atoms with E-state index in [9.17, 15) is 4.79 Å². The number of nitrogens with zero attached hydrogens (tertiary/aromatic N) is 3. The highest BCUT2D eigenvalue weighted by molar-refractivity contribution is 6.31. The summed E-state index contributed by atoms with van der Waals surface area (Å²) in [5.74, 6) is -0.0894. The van der Waals surface area contributed by atoms with Crippen molar-refractivity contribution in [1.82, 2.24) is 15.2 Å². The van der Waals surface area contributed by atoms with Gasteiger partial charge in [-0.3, -0.25) is 14.7 Å². The second-order valence-electron chi connectivity index (χ2n) is 9.57. The van der Waals surface area contributed by atoms with Crippen LogP contribution in [0.2, 0.25) is 5.02 Å². The summed E-state index contributed by atoms with van der Waals surface area (Å²) in [4.78, 5) is 22.4. The van der Waals surface area contributed by atoms with E-state index in [0.29, 0.717) is 17.1 Å². The highest BCUT2D eigenvalue weighted by Gasteiger charge is 2.19. The first kappa shape index (κ1) is 25.1. The van der Waals surface area contributed by atoms with E-state index >= 15 is 0 Å². The molecule has 3 aromatic carbocycles. The summed E-state index contributed by atoms with van der Waals surface area (Å²) in [5, 5.41) is 8.08. The van der Waals surface area contributed by atoms with Crippen LogP contribution in [0.4, 0.5) is 17.1 Å². The van der Waals surface area contributed by atoms with Crippen molar-refractivity contribution in [2.45, 2.75) is 13.8 Å². The van der Waals surface area contributed by atoms with Crippen LogP contribution in [0.5, 0.6) is 0 Å². The molecular weight excluding hydrogens is 482 g/mol. The van der Waals surface area contributed by atoms with E-state index in [1.54, 1.807) is 6.20 Å². The smallest absolute Gasteiger partial charge is 0.253 e. The number of carbonyl (C=O) groups is 1. The number of fused-ring (bicyclic) bond motifs is 1. The van der Waals surface area contributed by atoms with Crippen molar-refractivity contribution in [3.63, 3.8) is 0 Å². The molecule has 1 amide bonds. The van der Waals surface area contributed by atoms with Crippen LogP contribution >= 0.6 is 11.6 Å². The normalized spacial score (nSPS) is 14.1. The summed E-state index contributed by atoms with van der Waals surface area (Å²) in [6.45, 7) is 9.71. The van der Waals surface area contributed by atoms with Gasteiger partial charge >= 0.3 is 0 Å². The third-order valence-electron chi connectivity index (χ3n) is 6.92. The highest BCUT2D eigenvalue weighted by atomic mass is 35.5. The lowest BCUT2D eigenvalue weighted by Crippen LogP contribution is -2.48. The Hall–Kier alpha value is -3.61. The fourth-order valence-electron chi connectivity index (χ4n) is 4.96. The molecule has 0 radical (unpaired) electrons. The van der Waals surface area contributed by atoms with Gasteiger partial charge in [-0.15, -0.1) is 0 Å². The number of halogens is 1. The van der Waals surface area contributed by atoms with Gasteiger partial charge in [0.25, 0.3) is 5.91 Å². The number of para-hydroxylation sites is 1. The number of carbonyl (C=O) groups excluding carboxylic acids is 1. The van der Waals surface area contributed by atoms with Gasteiger partial charge < -0.3 is 15.5 Å². The monoisotopic (exact) mass is 513 g/mol. The van der Waals surface area contributed by atoms with Crippen LogP contribution in [0, 0.1) is 13.8 Å². The molecule has 5 rings (SSSR count). The zero-order chi connectivity index (χ0) is 25.8. The molecule has 1 aliphatic rings. The van der Waals surface area contributed by atoms with Gasteiger partial charge in [-0.05, 0) is 61.9 Å². The average molecular weight is 514 g/mol. The first-order chi connectivity index (χ1) is 18.0. The molecule has 6 nitrogen and oxygen atoms in total. The third-order valence-corrected chi connectivity index (χ3v) is 7.16. The molecule has 0 bridgehead atoms. The van der Waals surface area contributed by atoms with Crippen LogP contribution in [0.3, 0.4) is 0 Å². The van der Waals surface area contributed by atoms with Gasteiger partial charge in [0.05, 0.1) is 16.8 Å². The molecule has 0 aliphatic carbocycles. The SMILES string of the molecule is Cc1ccc(N2CCN(CCNC(=O)c3ccccc3Nc3ccnc4ccc(Cl)cc34)CC2)c(C)c1. The summed E-state index contributed by atoms with van der Waals surface area (Å²) in [6.07, 6.45) is 1.75. The zero-order valence-corrected chi connectivity index (χ0v) is 22.1. The molecule has 7 heteroatoms. The number of benzene rings is 3. The van der Waals surface area contributed by atoms with E-state index in [1.807, 2.05) is 48.5 Å². The first-order valence-electron chi connectivity index (χ1n) is 12.7. The predicted octanol–water partition coefficient (Wildman–Crippen LogP) is 5.80. The van der Waals surface area contributed by atoms with Crippen molar-refractivity contribution in [3.8, 4) is 0 Å². The van der Waals surface area contributed by atoms with Gasteiger partial charge in [-0.25, -0.2) is 0 Å². The number of piperazine rings is 1. The number of pyridine rings is 1. The molecule has 37 heavy (non-hydrogen) atoms. The predicted molar refractivity (Wildman–Crippen MR) is 153 cm³/mol. The second-order valence-corrected chi connectivity index (χ2v) is 10.0. The summed E-state index contributed by atoms with van der Waals surface area (Å²) < 4.78 is 0. The summed E-state index contributed by atoms with van der Waals surface area (Å²) in [6, 6.07) is 21.7. The number of hydrogen-bond donors (Lipinski definition) is 2. The Morgan fingerprint density at radius 2 is 1.76 bits per heavy atom. The lowest BCUT2D eigenvalue weighted by atomic mass is 10.1. The number of rotatable bonds is 7. The maximum Gasteiger partial charge on any atom is 0.253 e. The topological polar surface area (TPSA) is 60.5 Å². The molecule has 4 aromatic rings. The Labute approximate surface area is 223 Å². The number of anilines is 3. The van der Waals surface area contributed by atoms with Gasteiger partial charge in [-0.2, -0.15) is 0 Å². The van der Waals surface area contributed by atoms with Gasteiger partial charge in [0, 0.05) is 67.2 Å². The number of hydrogen-bond acceptors (Lipinski definition) is 5. The van der Waals surface area contributed by atoms with E-state index in [-0.39, 0.29) is 5.91 Å². The Balaban J connectivity index is 1.17. The Kier molecular flexibility index (Phi) is 7.58. The van der Waals surface area contributed by atoms with Crippen LogP contribution in [0.1, 0.15) is 21.5 Å². The quantitative estimate of drug-likeness (QED) is 0.327. The number of aromatic nitrogens is 1. The average Bonchev–Trinajstić information content (AvgIpc) is 2.90. The molecule has 0 unspecified atom stereocenters. The Morgan fingerprint density at radius 1 is 0.946 bits per heavy atom. The standard InChI is InChI=1S/C30H32ClN5O/c1-21-7-10-29(22(2)19-21)36-17-15-35(16-18-36)14-13-33-30(37)24-5-3-4-6-27(24)34-28-11-12-32-26-9-8-23(31)20-25(26)28/h3-12,19-20H,13-18H2,1-2H3,(H,32,34)(H,33,37). The molecule has 2 heterocycles. The maximum absolute atomic E-state index is 13.1. The van der Waals surface area contributed by atoms with Gasteiger partial charge in [0.15, 0.2) is 0 Å². The number of aryl methyl sites for hydroxylation is 2. The van der Waals surface area contributed by atoms with E-state index < -0.39 is 0 Å². The minimum absolute atomic E-state index is 0.0894. The largest absolute Gasteiger partial charge is 0.369 e. The molecule has 0 saturated carbocycles. The van der Waals surface area contributed by atoms with E-state index in [0.717, 1.165) is 55.0 Å². The van der Waals surface area contributed by atoms with Gasteiger partial charge in [0.2, 0.25) is 0 Å². The van der Waals surface area contributed by atoms with Crippen LogP contribution < -0.4 is 15.5 Å². The summed E-state index contributed by atoms with van der Waals surface area (Å²) in [7, 11) is 0. The van der Waals surface area contributed by atoms with Crippen molar-refractivity contribution in [2.24, 2.45) is 0 Å². The Morgan fingerprint density at radius 3 is 2.57 bits per heavy atom. The van der Waals surface area contributed by atoms with Crippen LogP contribution in [0.15, 0.2) is 72.9 Å². The highest BCUT2D eigenvalue weighted by Crippen LogP contribution is 2.29. The van der Waals surface area contributed by atoms with Crippen molar-refractivity contribution in [2.75, 3.05) is 49.5 Å². The van der Waals surface area contributed by atoms with E-state index in [4.69, 9.17) is 11.6 Å². The number of nitrogens with one attached hydrogen (secondary N) is 2. The van der Waals surface area contributed by atoms with Gasteiger partial charge in [-0.1, -0.05) is 41.4 Å². The van der Waals surface area contributed by atoms with Crippen LogP contribution in [-0.4, -0.2) is 55.1 Å². The summed E-state index contributed by atoms with van der Waals surface area (Å²) in [5.41, 5.74) is 7.00. The lowest BCUT2D eigenvalue weighted by Gasteiger charge is -2.36. The molecule has 0 spiro atoms. The molecule has 190 valence electrons. The molecule has 0 atom stereocenters. The molecule has 1 aromatic heterocycles. The van der Waals surface area contributed by atoms with Crippen LogP contribution in [-0.2, 0) is 0 Å². The maximum atomic E-state index is 13.1. The lowest BCUT2D eigenvalue weighted by molar-refractivity contribution is 0.0948. The zero-order valence-electron chi connectivity index (χ0n) is 21.3. The molecule has 1 saturated heterocycles. The van der Waals surface area contributed by atoms with Crippen LogP contribution in [0.25, 0.3) is 10.9 Å². The van der Waals surface area contributed by atoms with E-state index in [1.165, 1.54) is 16.8 Å². The fraction of sp³-hybridized carbons (Fsp3) is 0.267. The third kappa shape index (κ3) is 5.87. The minimum Gasteiger partial charge on any atom is -0.369 e. The molecule has 1 aliphatic heterocycles. The first-order valence-corrected chi connectivity index (χ1v) is 13.1.